The highest BCUT2D eigenvalue weighted by Crippen LogP contribution is 2.26. The lowest BCUT2D eigenvalue weighted by Crippen LogP contribution is -1.97. The predicted octanol–water partition coefficient (Wildman–Crippen LogP) is 4.60. The summed E-state index contributed by atoms with van der Waals surface area (Å²) in [6.07, 6.45) is 3.33. The van der Waals surface area contributed by atoms with Gasteiger partial charge in [0.05, 0.1) is 37.8 Å². The molecule has 4 rings (SSSR count). The maximum Gasteiger partial charge on any atom is 0.107 e. The molecule has 2 aromatic carbocycles. The SMILES string of the molecule is Clc1cc2nc(CCc3cnc4ccccc4n3)[nH]c2cc1Cl. The minimum Gasteiger partial charge on any atom is -0.342 e. The summed E-state index contributed by atoms with van der Waals surface area (Å²) in [6.45, 7) is 0. The number of nitrogens with zero attached hydrogens (tertiary/aromatic N) is 3. The van der Waals surface area contributed by atoms with E-state index in [4.69, 9.17) is 23.2 Å². The quantitative estimate of drug-likeness (QED) is 0.592. The molecular weight excluding hydrogens is 331 g/mol. The molecule has 4 aromatic rings. The van der Waals surface area contributed by atoms with Gasteiger partial charge in [-0.25, -0.2) is 9.97 Å². The van der Waals surface area contributed by atoms with Crippen molar-refractivity contribution in [2.45, 2.75) is 12.8 Å². The maximum atomic E-state index is 6.03. The smallest absolute Gasteiger partial charge is 0.107 e. The first kappa shape index (κ1) is 14.4. The molecule has 0 saturated heterocycles. The standard InChI is InChI=1S/C17H12Cl2N4/c18-11-7-15-16(8-12(11)19)23-17(22-15)6-5-10-9-20-13-3-1-2-4-14(13)21-10/h1-4,7-9H,5-6H2,(H,22,23). The van der Waals surface area contributed by atoms with E-state index in [1.54, 1.807) is 12.1 Å². The summed E-state index contributed by atoms with van der Waals surface area (Å²) in [5, 5.41) is 1.03. The number of aryl methyl sites for hydroxylation is 2. The second-order valence-electron chi connectivity index (χ2n) is 5.32. The summed E-state index contributed by atoms with van der Waals surface area (Å²) in [7, 11) is 0. The van der Waals surface area contributed by atoms with Crippen molar-refractivity contribution in [2.75, 3.05) is 0 Å². The fourth-order valence-electron chi connectivity index (χ4n) is 2.54. The first-order valence-corrected chi connectivity index (χ1v) is 7.99. The van der Waals surface area contributed by atoms with E-state index in [1.165, 1.54) is 0 Å². The van der Waals surface area contributed by atoms with Crippen LogP contribution in [0.15, 0.2) is 42.6 Å². The zero-order valence-corrected chi connectivity index (χ0v) is 13.6. The van der Waals surface area contributed by atoms with Crippen LogP contribution in [0.5, 0.6) is 0 Å². The van der Waals surface area contributed by atoms with E-state index >= 15 is 0 Å². The van der Waals surface area contributed by atoms with Crippen molar-refractivity contribution >= 4 is 45.3 Å². The lowest BCUT2D eigenvalue weighted by atomic mass is 10.2. The van der Waals surface area contributed by atoms with Gasteiger partial charge in [-0.1, -0.05) is 35.3 Å². The number of rotatable bonds is 3. The van der Waals surface area contributed by atoms with Crippen LogP contribution in [-0.4, -0.2) is 19.9 Å². The van der Waals surface area contributed by atoms with Gasteiger partial charge in [-0.2, -0.15) is 0 Å². The van der Waals surface area contributed by atoms with E-state index in [1.807, 2.05) is 30.5 Å². The van der Waals surface area contributed by atoms with Gasteiger partial charge in [0.1, 0.15) is 5.82 Å². The van der Waals surface area contributed by atoms with Crippen molar-refractivity contribution < 1.29 is 0 Å². The Hall–Kier alpha value is -2.17. The topological polar surface area (TPSA) is 54.5 Å². The molecule has 2 aromatic heterocycles. The second-order valence-corrected chi connectivity index (χ2v) is 6.13. The van der Waals surface area contributed by atoms with Crippen LogP contribution < -0.4 is 0 Å². The molecular formula is C17H12Cl2N4. The average Bonchev–Trinajstić information content (AvgIpc) is 2.95. The zero-order valence-electron chi connectivity index (χ0n) is 12.1. The van der Waals surface area contributed by atoms with Crippen LogP contribution in [0.1, 0.15) is 11.5 Å². The number of fused-ring (bicyclic) bond motifs is 2. The molecule has 23 heavy (non-hydrogen) atoms. The number of hydrogen-bond donors (Lipinski definition) is 1. The predicted molar refractivity (Wildman–Crippen MR) is 93.1 cm³/mol. The third-order valence-corrected chi connectivity index (χ3v) is 4.41. The second kappa shape index (κ2) is 5.80. The van der Waals surface area contributed by atoms with Crippen LogP contribution in [0, 0.1) is 0 Å². The molecule has 114 valence electrons. The Morgan fingerprint density at radius 1 is 0.870 bits per heavy atom. The molecule has 0 aliphatic rings. The van der Waals surface area contributed by atoms with Gasteiger partial charge >= 0.3 is 0 Å². The highest BCUT2D eigenvalue weighted by Gasteiger charge is 2.08. The van der Waals surface area contributed by atoms with E-state index in [-0.39, 0.29) is 0 Å². The van der Waals surface area contributed by atoms with Crippen molar-refractivity contribution in [1.82, 2.24) is 19.9 Å². The molecule has 0 spiro atoms. The van der Waals surface area contributed by atoms with Crippen molar-refractivity contribution in [3.63, 3.8) is 0 Å². The number of aromatic amines is 1. The Kier molecular flexibility index (Phi) is 3.63. The Balaban J connectivity index is 1.57. The van der Waals surface area contributed by atoms with Gasteiger partial charge in [-0.05, 0) is 30.7 Å². The highest BCUT2D eigenvalue weighted by atomic mass is 35.5. The van der Waals surface area contributed by atoms with Crippen molar-refractivity contribution in [3.8, 4) is 0 Å². The lowest BCUT2D eigenvalue weighted by molar-refractivity contribution is 0.860. The van der Waals surface area contributed by atoms with Crippen LogP contribution in [-0.2, 0) is 12.8 Å². The molecule has 0 fully saturated rings. The molecule has 6 heteroatoms. The molecule has 0 aliphatic carbocycles. The van der Waals surface area contributed by atoms with Gasteiger partial charge in [-0.15, -0.1) is 0 Å². The molecule has 0 amide bonds. The monoisotopic (exact) mass is 342 g/mol. The Morgan fingerprint density at radius 2 is 1.65 bits per heavy atom. The van der Waals surface area contributed by atoms with Crippen molar-refractivity contribution in [2.24, 2.45) is 0 Å². The van der Waals surface area contributed by atoms with Gasteiger partial charge in [0.2, 0.25) is 0 Å². The van der Waals surface area contributed by atoms with Crippen molar-refractivity contribution in [1.29, 1.82) is 0 Å². The molecule has 0 atom stereocenters. The molecule has 0 radical (unpaired) electrons. The maximum absolute atomic E-state index is 6.03. The highest BCUT2D eigenvalue weighted by molar-refractivity contribution is 6.42. The molecule has 2 heterocycles. The summed E-state index contributed by atoms with van der Waals surface area (Å²) in [6, 6.07) is 11.4. The number of H-pyrrole nitrogens is 1. The molecule has 1 N–H and O–H groups in total. The molecule has 0 aliphatic heterocycles. The van der Waals surface area contributed by atoms with Crippen LogP contribution in [0.2, 0.25) is 10.0 Å². The molecule has 0 saturated carbocycles. The van der Waals surface area contributed by atoms with Gasteiger partial charge in [0.15, 0.2) is 0 Å². The number of benzene rings is 2. The fourth-order valence-corrected chi connectivity index (χ4v) is 2.86. The van der Waals surface area contributed by atoms with E-state index in [9.17, 15) is 0 Å². The third kappa shape index (κ3) is 2.87. The molecule has 0 bridgehead atoms. The lowest BCUT2D eigenvalue weighted by Gasteiger charge is -2.01. The largest absolute Gasteiger partial charge is 0.342 e. The fraction of sp³-hybridized carbons (Fsp3) is 0.118. The number of aromatic nitrogens is 4. The first-order chi connectivity index (χ1) is 11.2. The number of para-hydroxylation sites is 2. The Morgan fingerprint density at radius 3 is 2.52 bits per heavy atom. The Bertz CT molecular complexity index is 971. The van der Waals surface area contributed by atoms with E-state index in [0.717, 1.165) is 46.4 Å². The third-order valence-electron chi connectivity index (χ3n) is 3.69. The van der Waals surface area contributed by atoms with E-state index < -0.39 is 0 Å². The summed E-state index contributed by atoms with van der Waals surface area (Å²) >= 11 is 12.0. The number of halogens is 2. The van der Waals surface area contributed by atoms with Crippen LogP contribution >= 0.6 is 23.2 Å². The van der Waals surface area contributed by atoms with E-state index in [0.29, 0.717) is 10.0 Å². The van der Waals surface area contributed by atoms with Crippen LogP contribution in [0.3, 0.4) is 0 Å². The minimum absolute atomic E-state index is 0.512. The van der Waals surface area contributed by atoms with Gasteiger partial charge in [0.25, 0.3) is 0 Å². The summed E-state index contributed by atoms with van der Waals surface area (Å²) in [5.74, 6) is 0.883. The number of imidazole rings is 1. The average molecular weight is 343 g/mol. The summed E-state index contributed by atoms with van der Waals surface area (Å²) in [4.78, 5) is 16.9. The van der Waals surface area contributed by atoms with Gasteiger partial charge in [-0.3, -0.25) is 4.98 Å². The molecule has 0 unspecified atom stereocenters. The first-order valence-electron chi connectivity index (χ1n) is 7.23. The zero-order chi connectivity index (χ0) is 15.8. The summed E-state index contributed by atoms with van der Waals surface area (Å²) < 4.78 is 0. The minimum atomic E-state index is 0.512. The van der Waals surface area contributed by atoms with Crippen LogP contribution in [0.4, 0.5) is 0 Å². The van der Waals surface area contributed by atoms with Crippen molar-refractivity contribution in [3.05, 3.63) is 64.2 Å². The number of hydrogen-bond acceptors (Lipinski definition) is 3. The van der Waals surface area contributed by atoms with Gasteiger partial charge < -0.3 is 4.98 Å². The molecule has 4 nitrogen and oxygen atoms in total. The van der Waals surface area contributed by atoms with E-state index in [2.05, 4.69) is 19.9 Å². The summed E-state index contributed by atoms with van der Waals surface area (Å²) in [5.41, 5.74) is 4.47. The van der Waals surface area contributed by atoms with Crippen LogP contribution in [0.25, 0.3) is 22.1 Å². The number of nitrogens with one attached hydrogen (secondary N) is 1. The van der Waals surface area contributed by atoms with Gasteiger partial charge in [0, 0.05) is 12.6 Å². The Labute approximate surface area is 142 Å². The normalized spacial score (nSPS) is 11.4.